The minimum Gasteiger partial charge on any atom is -0.489 e. The molecule has 4 rings (SSSR count). The summed E-state index contributed by atoms with van der Waals surface area (Å²) < 4.78 is 17.5. The summed E-state index contributed by atoms with van der Waals surface area (Å²) in [5.74, 6) is 2.26. The number of hydrogen-bond acceptors (Lipinski definition) is 5. The minimum absolute atomic E-state index is 0.114. The number of ether oxygens (including phenoxy) is 2. The molecule has 0 fully saturated rings. The first-order chi connectivity index (χ1) is 16.5. The van der Waals surface area contributed by atoms with Gasteiger partial charge in [0, 0.05) is 11.5 Å². The van der Waals surface area contributed by atoms with Gasteiger partial charge in [-0.2, -0.15) is 5.26 Å². The molecule has 0 saturated carbocycles. The predicted octanol–water partition coefficient (Wildman–Crippen LogP) is 7.80. The highest BCUT2D eigenvalue weighted by molar-refractivity contribution is 6.39. The maximum absolute atomic E-state index is 8.88. The summed E-state index contributed by atoms with van der Waals surface area (Å²) in [7, 11) is 0. The molecule has 0 bridgehead atoms. The quantitative estimate of drug-likeness (QED) is 0.251. The number of benzene rings is 3. The second kappa shape index (κ2) is 10.6. The average Bonchev–Trinajstić information content (AvgIpc) is 3.26. The maximum Gasteiger partial charge on any atom is 0.146 e. The molecule has 172 valence electrons. The summed E-state index contributed by atoms with van der Waals surface area (Å²) in [5, 5.41) is 14.2. The van der Waals surface area contributed by atoms with Gasteiger partial charge in [-0.05, 0) is 54.1 Å². The molecule has 4 aromatic rings. The number of hydrogen-bond donors (Lipinski definition) is 0. The molecule has 0 unspecified atom stereocenters. The topological polar surface area (TPSA) is 68.3 Å². The van der Waals surface area contributed by atoms with Crippen LogP contribution in [0.2, 0.25) is 10.0 Å². The summed E-state index contributed by atoms with van der Waals surface area (Å²) in [6.07, 6.45) is 0. The van der Waals surface area contributed by atoms with E-state index in [1.807, 2.05) is 38.1 Å². The molecule has 0 aliphatic rings. The predicted molar refractivity (Wildman–Crippen MR) is 132 cm³/mol. The molecule has 0 saturated heterocycles. The van der Waals surface area contributed by atoms with Crippen molar-refractivity contribution < 1.29 is 14.0 Å². The summed E-state index contributed by atoms with van der Waals surface area (Å²) in [6, 6.07) is 22.1. The van der Waals surface area contributed by atoms with E-state index in [0.717, 1.165) is 16.9 Å². The van der Waals surface area contributed by atoms with E-state index in [4.69, 9.17) is 42.5 Å². The lowest BCUT2D eigenvalue weighted by Crippen LogP contribution is -2.02. The van der Waals surface area contributed by atoms with Crippen LogP contribution in [-0.2, 0) is 13.2 Å². The van der Waals surface area contributed by atoms with Gasteiger partial charge in [0.1, 0.15) is 36.2 Å². The molecule has 34 heavy (non-hydrogen) atoms. The Kier molecular flexibility index (Phi) is 7.42. The van der Waals surface area contributed by atoms with Gasteiger partial charge in [0.05, 0.1) is 27.2 Å². The lowest BCUT2D eigenvalue weighted by Gasteiger charge is -2.11. The zero-order valence-electron chi connectivity index (χ0n) is 18.7. The second-order valence-corrected chi connectivity index (χ2v) is 8.80. The van der Waals surface area contributed by atoms with Crippen LogP contribution < -0.4 is 9.47 Å². The fraction of sp³-hybridized carbons (Fsp3) is 0.185. The van der Waals surface area contributed by atoms with Crippen LogP contribution in [0, 0.1) is 11.3 Å². The van der Waals surface area contributed by atoms with Crippen molar-refractivity contribution in [2.75, 3.05) is 0 Å². The van der Waals surface area contributed by atoms with Gasteiger partial charge in [0.25, 0.3) is 0 Å². The zero-order chi connectivity index (χ0) is 24.1. The van der Waals surface area contributed by atoms with E-state index >= 15 is 0 Å². The Labute approximate surface area is 208 Å². The molecule has 0 N–H and O–H groups in total. The van der Waals surface area contributed by atoms with E-state index < -0.39 is 0 Å². The van der Waals surface area contributed by atoms with E-state index in [1.165, 1.54) is 0 Å². The monoisotopic (exact) mass is 492 g/mol. The summed E-state index contributed by atoms with van der Waals surface area (Å²) in [5.41, 5.74) is 3.63. The van der Waals surface area contributed by atoms with Gasteiger partial charge in [0.2, 0.25) is 0 Å². The highest BCUT2D eigenvalue weighted by atomic mass is 35.5. The maximum atomic E-state index is 8.88. The van der Waals surface area contributed by atoms with Crippen LogP contribution in [0.1, 0.15) is 42.2 Å². The van der Waals surface area contributed by atoms with Crippen LogP contribution in [0.15, 0.2) is 71.3 Å². The number of rotatable bonds is 8. The Hall–Kier alpha value is -3.46. The van der Waals surface area contributed by atoms with Crippen LogP contribution in [0.4, 0.5) is 0 Å². The smallest absolute Gasteiger partial charge is 0.146 e. The minimum atomic E-state index is 0.114. The van der Waals surface area contributed by atoms with E-state index in [2.05, 4.69) is 11.2 Å². The second-order valence-electron chi connectivity index (χ2n) is 7.98. The van der Waals surface area contributed by atoms with E-state index in [-0.39, 0.29) is 12.5 Å². The highest BCUT2D eigenvalue weighted by Crippen LogP contribution is 2.38. The van der Waals surface area contributed by atoms with Gasteiger partial charge >= 0.3 is 0 Å². The Morgan fingerprint density at radius 3 is 2.06 bits per heavy atom. The van der Waals surface area contributed by atoms with Crippen molar-refractivity contribution in [2.45, 2.75) is 33.0 Å². The summed E-state index contributed by atoms with van der Waals surface area (Å²) >= 11 is 12.8. The third-order valence-electron chi connectivity index (χ3n) is 5.24. The van der Waals surface area contributed by atoms with Crippen LogP contribution in [-0.4, -0.2) is 5.16 Å². The van der Waals surface area contributed by atoms with Crippen LogP contribution in [0.25, 0.3) is 11.3 Å². The van der Waals surface area contributed by atoms with Crippen LogP contribution in [0.3, 0.4) is 0 Å². The van der Waals surface area contributed by atoms with Gasteiger partial charge in [-0.3, -0.25) is 0 Å². The van der Waals surface area contributed by atoms with Gasteiger partial charge in [-0.25, -0.2) is 0 Å². The van der Waals surface area contributed by atoms with E-state index in [9.17, 15) is 0 Å². The van der Waals surface area contributed by atoms with E-state index in [1.54, 1.807) is 42.5 Å². The standard InChI is InChI=1S/C27H22Cl2N2O3/c1-17(2)27-22(26(31-34-27)25-23(28)4-3-5-24(25)29)16-33-21-12-8-19(9-13-21)15-32-20-10-6-18(14-30)7-11-20/h3-13,17H,15-16H2,1-2H3. The van der Waals surface area contributed by atoms with Crippen molar-refractivity contribution in [3.8, 4) is 28.8 Å². The largest absolute Gasteiger partial charge is 0.489 e. The van der Waals surface area contributed by atoms with Gasteiger partial charge in [0.15, 0.2) is 0 Å². The summed E-state index contributed by atoms with van der Waals surface area (Å²) in [6.45, 7) is 4.73. The fourth-order valence-electron chi connectivity index (χ4n) is 3.47. The van der Waals surface area contributed by atoms with Crippen LogP contribution in [0.5, 0.6) is 11.5 Å². The highest BCUT2D eigenvalue weighted by Gasteiger charge is 2.23. The third kappa shape index (κ3) is 5.36. The Bertz CT molecular complexity index is 1290. The first kappa shape index (κ1) is 23.7. The molecule has 0 spiro atoms. The molecule has 0 aliphatic heterocycles. The Morgan fingerprint density at radius 2 is 1.47 bits per heavy atom. The number of aromatic nitrogens is 1. The molecular weight excluding hydrogens is 471 g/mol. The normalized spacial score (nSPS) is 10.8. The van der Waals surface area contributed by atoms with Crippen molar-refractivity contribution in [1.29, 1.82) is 5.26 Å². The van der Waals surface area contributed by atoms with Gasteiger partial charge in [-0.1, -0.05) is 60.4 Å². The van der Waals surface area contributed by atoms with E-state index in [0.29, 0.717) is 45.0 Å². The fourth-order valence-corrected chi connectivity index (χ4v) is 4.04. The Morgan fingerprint density at radius 1 is 0.882 bits per heavy atom. The molecule has 7 heteroatoms. The average molecular weight is 493 g/mol. The molecule has 0 radical (unpaired) electrons. The third-order valence-corrected chi connectivity index (χ3v) is 5.87. The number of halogens is 2. The number of nitrogens with zero attached hydrogens (tertiary/aromatic N) is 2. The SMILES string of the molecule is CC(C)c1onc(-c2c(Cl)cccc2Cl)c1COc1ccc(COc2ccc(C#N)cc2)cc1. The lowest BCUT2D eigenvalue weighted by atomic mass is 10.0. The van der Waals surface area contributed by atoms with Gasteiger partial charge < -0.3 is 14.0 Å². The summed E-state index contributed by atoms with van der Waals surface area (Å²) in [4.78, 5) is 0. The zero-order valence-corrected chi connectivity index (χ0v) is 20.2. The van der Waals surface area contributed by atoms with Crippen molar-refractivity contribution in [2.24, 2.45) is 0 Å². The van der Waals surface area contributed by atoms with Crippen molar-refractivity contribution >= 4 is 23.2 Å². The van der Waals surface area contributed by atoms with Crippen LogP contribution >= 0.6 is 23.2 Å². The first-order valence-corrected chi connectivity index (χ1v) is 11.5. The van der Waals surface area contributed by atoms with Crippen molar-refractivity contribution in [1.82, 2.24) is 5.16 Å². The van der Waals surface area contributed by atoms with Gasteiger partial charge in [-0.15, -0.1) is 0 Å². The van der Waals surface area contributed by atoms with Crippen molar-refractivity contribution in [3.05, 3.63) is 99.2 Å². The number of nitriles is 1. The molecule has 0 atom stereocenters. The molecule has 0 amide bonds. The first-order valence-electron chi connectivity index (χ1n) is 10.7. The molecule has 3 aromatic carbocycles. The molecule has 1 heterocycles. The molecule has 5 nitrogen and oxygen atoms in total. The molecule has 1 aromatic heterocycles. The molecule has 0 aliphatic carbocycles. The van der Waals surface area contributed by atoms with Crippen molar-refractivity contribution in [3.63, 3.8) is 0 Å². The Balaban J connectivity index is 1.46. The lowest BCUT2D eigenvalue weighted by molar-refractivity contribution is 0.296. The molecular formula is C27H22Cl2N2O3.